The minimum absolute atomic E-state index is 0.00898. The van der Waals surface area contributed by atoms with Gasteiger partial charge < -0.3 is 4.90 Å². The van der Waals surface area contributed by atoms with E-state index in [1.165, 1.54) is 68.9 Å². The molecule has 10 rings (SSSR count). The highest BCUT2D eigenvalue weighted by molar-refractivity contribution is 8.01. The van der Waals surface area contributed by atoms with Crippen molar-refractivity contribution in [1.82, 2.24) is 0 Å². The predicted molar refractivity (Wildman–Crippen MR) is 209 cm³/mol. The zero-order chi connectivity index (χ0) is 32.5. The fourth-order valence-electron chi connectivity index (χ4n) is 8.41. The van der Waals surface area contributed by atoms with Crippen molar-refractivity contribution in [2.75, 3.05) is 4.90 Å². The molecule has 0 spiro atoms. The lowest BCUT2D eigenvalue weighted by Gasteiger charge is -2.46. The van der Waals surface area contributed by atoms with Crippen LogP contribution in [0.5, 0.6) is 0 Å². The molecule has 3 aliphatic rings. The van der Waals surface area contributed by atoms with Crippen LogP contribution in [0.1, 0.15) is 5.56 Å². The summed E-state index contributed by atoms with van der Waals surface area (Å²) in [4.78, 5) is 7.37. The molecule has 3 heterocycles. The molecule has 0 N–H and O–H groups in total. The number of fused-ring (bicyclic) bond motifs is 6. The molecule has 0 saturated heterocycles. The summed E-state index contributed by atoms with van der Waals surface area (Å²) in [6.45, 7) is 0.00898. The first-order chi connectivity index (χ1) is 24.3. The van der Waals surface area contributed by atoms with Crippen LogP contribution in [0.25, 0.3) is 0 Å². The normalized spacial score (nSPS) is 14.4. The summed E-state index contributed by atoms with van der Waals surface area (Å²) in [7, 11) is -2.72. The molecule has 0 saturated carbocycles. The quantitative estimate of drug-likeness (QED) is 0.210. The minimum Gasteiger partial charge on any atom is -0.311 e. The van der Waals surface area contributed by atoms with Crippen LogP contribution < -0.4 is 42.0 Å². The van der Waals surface area contributed by atoms with Gasteiger partial charge in [0.2, 0.25) is 6.71 Å². The maximum Gasteiger partial charge on any atom is 0.249 e. The van der Waals surface area contributed by atoms with Crippen LogP contribution in [-0.4, -0.2) is 14.8 Å². The lowest BCUT2D eigenvalue weighted by atomic mass is 9.36. The summed E-state index contributed by atoms with van der Waals surface area (Å²) in [6, 6.07) is 62.9. The molecule has 0 fully saturated rings. The summed E-state index contributed by atoms with van der Waals surface area (Å²) >= 11 is 3.58. The minimum atomic E-state index is -2.72. The molecular weight excluding hydrogens is 648 g/mol. The first kappa shape index (κ1) is 28.8. The number of anilines is 3. The maximum absolute atomic E-state index is 10.2. The topological polar surface area (TPSA) is 27.0 Å². The highest BCUT2D eigenvalue weighted by Gasteiger charge is 2.50. The van der Waals surface area contributed by atoms with Crippen molar-refractivity contribution >= 4 is 92.5 Å². The van der Waals surface area contributed by atoms with Gasteiger partial charge in [0.15, 0.2) is 8.07 Å². The molecular formula is C43H27BN2S2Si. The summed E-state index contributed by atoms with van der Waals surface area (Å²) < 4.78 is 0. The fourth-order valence-corrected chi connectivity index (χ4v) is 16.0. The molecule has 228 valence electrons. The van der Waals surface area contributed by atoms with E-state index < -0.39 is 8.07 Å². The Labute approximate surface area is 296 Å². The molecule has 0 radical (unpaired) electrons. The smallest absolute Gasteiger partial charge is 0.249 e. The molecule has 0 aliphatic carbocycles. The Morgan fingerprint density at radius 2 is 1.04 bits per heavy atom. The first-order valence-corrected chi connectivity index (χ1v) is 20.2. The zero-order valence-electron chi connectivity index (χ0n) is 26.4. The second kappa shape index (κ2) is 11.2. The molecule has 0 amide bonds. The number of hydrogen-bond acceptors (Lipinski definition) is 4. The standard InChI is InChI=1S/C43H27BN2S2Si/c45-28-29-26-27-38-42-43(29)48-36-22-10-7-18-32(36)44(42)41-35(21-13-23-37(41)47-38)46-33-19-8-11-24-39(33)49(30-14-3-1-4-15-30,31-16-5-2-6-17-31)40-25-12-9-20-34(40)46/h1-27H. The molecule has 7 aromatic rings. The third-order valence-electron chi connectivity index (χ3n) is 10.3. The van der Waals surface area contributed by atoms with E-state index in [1.54, 1.807) is 11.8 Å². The van der Waals surface area contributed by atoms with Crippen molar-refractivity contribution in [1.29, 1.82) is 5.26 Å². The summed E-state index contributed by atoms with van der Waals surface area (Å²) in [5, 5.41) is 15.8. The van der Waals surface area contributed by atoms with Gasteiger partial charge in [-0.15, -0.1) is 0 Å². The zero-order valence-corrected chi connectivity index (χ0v) is 29.0. The molecule has 0 unspecified atom stereocenters. The fraction of sp³-hybridized carbons (Fsp3) is 0. The SMILES string of the molecule is N#Cc1ccc2c3c1Sc1ccccc1B3c1c(cccc1N1c3ccccc3[Si](c3ccccc3)(c3ccccc3)c3ccccc31)S2. The van der Waals surface area contributed by atoms with Crippen LogP contribution >= 0.6 is 23.5 Å². The largest absolute Gasteiger partial charge is 0.311 e. The Bertz CT molecular complexity index is 2410. The van der Waals surface area contributed by atoms with E-state index in [9.17, 15) is 5.26 Å². The monoisotopic (exact) mass is 674 g/mol. The van der Waals surface area contributed by atoms with Crippen LogP contribution in [0.3, 0.4) is 0 Å². The van der Waals surface area contributed by atoms with Gasteiger partial charge in [-0.3, -0.25) is 0 Å². The third kappa shape index (κ3) is 4.04. The lowest BCUT2D eigenvalue weighted by Crippen LogP contribution is -2.77. The van der Waals surface area contributed by atoms with Crippen LogP contribution in [0, 0.1) is 11.3 Å². The van der Waals surface area contributed by atoms with Gasteiger partial charge in [-0.1, -0.05) is 150 Å². The lowest BCUT2D eigenvalue weighted by molar-refractivity contribution is 1.26. The molecule has 6 heteroatoms. The number of nitriles is 1. The van der Waals surface area contributed by atoms with Crippen molar-refractivity contribution < 1.29 is 0 Å². The van der Waals surface area contributed by atoms with Gasteiger partial charge in [0, 0.05) is 36.6 Å². The Hall–Kier alpha value is -5.19. The second-order valence-corrected chi connectivity index (χ2v) is 18.5. The van der Waals surface area contributed by atoms with Gasteiger partial charge in [0.1, 0.15) is 6.07 Å². The predicted octanol–water partition coefficient (Wildman–Crippen LogP) is 6.16. The molecule has 2 nitrogen and oxygen atoms in total. The van der Waals surface area contributed by atoms with Crippen LogP contribution in [0.4, 0.5) is 17.1 Å². The van der Waals surface area contributed by atoms with E-state index in [0.29, 0.717) is 0 Å². The molecule has 0 atom stereocenters. The summed E-state index contributed by atoms with van der Waals surface area (Å²) in [5.74, 6) is 0. The van der Waals surface area contributed by atoms with Crippen LogP contribution in [0.2, 0.25) is 0 Å². The second-order valence-electron chi connectivity index (χ2n) is 12.7. The van der Waals surface area contributed by atoms with Crippen molar-refractivity contribution in [2.45, 2.75) is 19.6 Å². The number of hydrogen-bond donors (Lipinski definition) is 0. The van der Waals surface area contributed by atoms with Gasteiger partial charge in [-0.2, -0.15) is 5.26 Å². The number of para-hydroxylation sites is 2. The van der Waals surface area contributed by atoms with E-state index in [4.69, 9.17) is 0 Å². The molecule has 7 aromatic carbocycles. The van der Waals surface area contributed by atoms with Gasteiger partial charge >= 0.3 is 0 Å². The van der Waals surface area contributed by atoms with E-state index >= 15 is 0 Å². The first-order valence-electron chi connectivity index (χ1n) is 16.5. The Morgan fingerprint density at radius 3 is 1.71 bits per heavy atom. The van der Waals surface area contributed by atoms with Gasteiger partial charge in [0.05, 0.1) is 5.56 Å². The van der Waals surface area contributed by atoms with Crippen molar-refractivity contribution in [3.05, 3.63) is 169 Å². The van der Waals surface area contributed by atoms with E-state index in [0.717, 1.165) is 10.5 Å². The highest BCUT2D eigenvalue weighted by atomic mass is 32.2. The average Bonchev–Trinajstić information content (AvgIpc) is 3.17. The van der Waals surface area contributed by atoms with Gasteiger partial charge in [-0.25, -0.2) is 0 Å². The summed E-state index contributed by atoms with van der Waals surface area (Å²) in [5.41, 5.74) is 8.29. The summed E-state index contributed by atoms with van der Waals surface area (Å²) in [6.07, 6.45) is 0. The van der Waals surface area contributed by atoms with Crippen LogP contribution in [-0.2, 0) is 0 Å². The average molecular weight is 675 g/mol. The third-order valence-corrected chi connectivity index (χ3v) is 17.6. The Morgan fingerprint density at radius 1 is 0.490 bits per heavy atom. The Kier molecular flexibility index (Phi) is 6.57. The van der Waals surface area contributed by atoms with Crippen molar-refractivity contribution in [3.8, 4) is 6.07 Å². The van der Waals surface area contributed by atoms with E-state index in [-0.39, 0.29) is 6.71 Å². The number of nitrogens with zero attached hydrogens (tertiary/aromatic N) is 2. The number of benzene rings is 7. The number of rotatable bonds is 3. The molecule has 3 aliphatic heterocycles. The van der Waals surface area contributed by atoms with Crippen LogP contribution in [0.15, 0.2) is 183 Å². The van der Waals surface area contributed by atoms with E-state index in [1.807, 2.05) is 17.8 Å². The van der Waals surface area contributed by atoms with Crippen molar-refractivity contribution in [2.24, 2.45) is 0 Å². The Balaban J connectivity index is 1.29. The molecule has 0 bridgehead atoms. The van der Waals surface area contributed by atoms with Gasteiger partial charge in [-0.05, 0) is 74.1 Å². The van der Waals surface area contributed by atoms with E-state index in [2.05, 4.69) is 169 Å². The molecule has 0 aromatic heterocycles. The van der Waals surface area contributed by atoms with Gasteiger partial charge in [0.25, 0.3) is 0 Å². The maximum atomic E-state index is 10.2. The molecule has 49 heavy (non-hydrogen) atoms. The van der Waals surface area contributed by atoms with Crippen molar-refractivity contribution in [3.63, 3.8) is 0 Å². The highest BCUT2D eigenvalue weighted by Crippen LogP contribution is 2.44.